The Bertz CT molecular complexity index is 677. The molecule has 0 radical (unpaired) electrons. The van der Waals surface area contributed by atoms with Gasteiger partial charge in [-0.25, -0.2) is 0 Å². The molecular formula is C19H19NO2. The number of benzene rings is 2. The van der Waals surface area contributed by atoms with E-state index in [1.165, 1.54) is 0 Å². The molecule has 1 atom stereocenters. The molecule has 0 spiro atoms. The zero-order valence-corrected chi connectivity index (χ0v) is 12.4. The maximum Gasteiger partial charge on any atom is 0.209 e. The lowest BCUT2D eigenvalue weighted by molar-refractivity contribution is -0.0986. The molecule has 112 valence electrons. The van der Waals surface area contributed by atoms with Crippen LogP contribution in [0.25, 0.3) is 6.08 Å². The Morgan fingerprint density at radius 2 is 1.59 bits per heavy atom. The minimum Gasteiger partial charge on any atom is -0.464 e. The number of para-hydroxylation sites is 1. The fourth-order valence-corrected chi connectivity index (χ4v) is 3.20. The monoisotopic (exact) mass is 293 g/mol. The second kappa shape index (κ2) is 5.59. The van der Waals surface area contributed by atoms with Gasteiger partial charge in [0.2, 0.25) is 5.72 Å². The smallest absolute Gasteiger partial charge is 0.209 e. The molecule has 0 aliphatic carbocycles. The molecule has 2 aromatic rings. The molecule has 1 fully saturated rings. The summed E-state index contributed by atoms with van der Waals surface area (Å²) in [6, 6.07) is 18.6. The number of nitrogens with zero attached hydrogens (tertiary/aromatic N) is 1. The predicted molar refractivity (Wildman–Crippen MR) is 86.6 cm³/mol. The number of fused-ring (bicyclic) bond motifs is 1. The SMILES string of the molecule is C1=CC(c2ccccc2)(N2CCOCC2)Oc2ccccc21. The normalized spacial score (nSPS) is 24.5. The van der Waals surface area contributed by atoms with Crippen LogP contribution >= 0.6 is 0 Å². The van der Waals surface area contributed by atoms with Crippen molar-refractivity contribution in [2.75, 3.05) is 26.3 Å². The zero-order valence-electron chi connectivity index (χ0n) is 12.4. The van der Waals surface area contributed by atoms with Crippen LogP contribution in [0.3, 0.4) is 0 Å². The van der Waals surface area contributed by atoms with Crippen molar-refractivity contribution in [3.05, 3.63) is 71.8 Å². The lowest BCUT2D eigenvalue weighted by atomic mass is 9.95. The summed E-state index contributed by atoms with van der Waals surface area (Å²) in [5.41, 5.74) is 1.74. The van der Waals surface area contributed by atoms with Gasteiger partial charge in [-0.3, -0.25) is 4.90 Å². The van der Waals surface area contributed by atoms with Gasteiger partial charge >= 0.3 is 0 Å². The molecule has 1 unspecified atom stereocenters. The molecule has 22 heavy (non-hydrogen) atoms. The summed E-state index contributed by atoms with van der Waals surface area (Å²) in [5.74, 6) is 0.931. The molecule has 0 saturated carbocycles. The van der Waals surface area contributed by atoms with Gasteiger partial charge in [-0.05, 0) is 18.2 Å². The summed E-state index contributed by atoms with van der Waals surface area (Å²) in [6.07, 6.45) is 4.34. The van der Waals surface area contributed by atoms with Crippen LogP contribution in [-0.4, -0.2) is 31.2 Å². The first-order chi connectivity index (χ1) is 10.9. The first kappa shape index (κ1) is 13.6. The van der Waals surface area contributed by atoms with Crippen LogP contribution in [0, 0.1) is 0 Å². The average molecular weight is 293 g/mol. The molecular weight excluding hydrogens is 274 g/mol. The zero-order chi connectivity index (χ0) is 14.8. The standard InChI is InChI=1S/C19H19NO2/c1-2-7-17(8-3-1)19(20-12-14-21-15-13-20)11-10-16-6-4-5-9-18(16)22-19/h1-11H,12-15H2. The fourth-order valence-electron chi connectivity index (χ4n) is 3.20. The first-order valence-electron chi connectivity index (χ1n) is 7.74. The van der Waals surface area contributed by atoms with Crippen LogP contribution in [0.5, 0.6) is 5.75 Å². The Balaban J connectivity index is 1.81. The van der Waals surface area contributed by atoms with E-state index in [1.807, 2.05) is 24.3 Å². The van der Waals surface area contributed by atoms with E-state index in [-0.39, 0.29) is 0 Å². The van der Waals surface area contributed by atoms with Crippen LogP contribution < -0.4 is 4.74 Å². The number of rotatable bonds is 2. The molecule has 1 saturated heterocycles. The molecule has 4 rings (SSSR count). The summed E-state index contributed by atoms with van der Waals surface area (Å²) in [4.78, 5) is 2.36. The summed E-state index contributed by atoms with van der Waals surface area (Å²) in [7, 11) is 0. The van der Waals surface area contributed by atoms with Gasteiger partial charge in [0, 0.05) is 24.2 Å². The van der Waals surface area contributed by atoms with Crippen molar-refractivity contribution >= 4 is 6.08 Å². The van der Waals surface area contributed by atoms with Gasteiger partial charge in [0.15, 0.2) is 0 Å². The Morgan fingerprint density at radius 1 is 0.864 bits per heavy atom. The number of ether oxygens (including phenoxy) is 2. The van der Waals surface area contributed by atoms with Crippen molar-refractivity contribution in [3.8, 4) is 5.75 Å². The van der Waals surface area contributed by atoms with Crippen molar-refractivity contribution in [2.24, 2.45) is 0 Å². The predicted octanol–water partition coefficient (Wildman–Crippen LogP) is 3.28. The number of morpholine rings is 1. The fraction of sp³-hybridized carbons (Fsp3) is 0.263. The highest BCUT2D eigenvalue weighted by atomic mass is 16.5. The molecule has 3 heteroatoms. The highest BCUT2D eigenvalue weighted by Crippen LogP contribution is 2.39. The van der Waals surface area contributed by atoms with Crippen molar-refractivity contribution < 1.29 is 9.47 Å². The third-order valence-electron chi connectivity index (χ3n) is 4.34. The molecule has 2 heterocycles. The van der Waals surface area contributed by atoms with Crippen LogP contribution in [-0.2, 0) is 10.5 Å². The van der Waals surface area contributed by atoms with E-state index in [2.05, 4.69) is 47.4 Å². The summed E-state index contributed by atoms with van der Waals surface area (Å²) >= 11 is 0. The van der Waals surface area contributed by atoms with Crippen molar-refractivity contribution in [2.45, 2.75) is 5.72 Å². The lowest BCUT2D eigenvalue weighted by Crippen LogP contribution is -2.54. The molecule has 2 aliphatic rings. The van der Waals surface area contributed by atoms with E-state index in [0.717, 1.165) is 43.2 Å². The van der Waals surface area contributed by atoms with Crippen LogP contribution in [0.1, 0.15) is 11.1 Å². The van der Waals surface area contributed by atoms with Crippen LogP contribution in [0.2, 0.25) is 0 Å². The van der Waals surface area contributed by atoms with E-state index in [4.69, 9.17) is 9.47 Å². The molecule has 0 N–H and O–H groups in total. The first-order valence-corrected chi connectivity index (χ1v) is 7.74. The van der Waals surface area contributed by atoms with Gasteiger partial charge in [0.1, 0.15) is 5.75 Å². The van der Waals surface area contributed by atoms with Crippen molar-refractivity contribution in [1.82, 2.24) is 4.90 Å². The van der Waals surface area contributed by atoms with E-state index >= 15 is 0 Å². The highest BCUT2D eigenvalue weighted by Gasteiger charge is 2.41. The van der Waals surface area contributed by atoms with Gasteiger partial charge in [-0.1, -0.05) is 48.5 Å². The summed E-state index contributed by atoms with van der Waals surface area (Å²) < 4.78 is 12.0. The van der Waals surface area contributed by atoms with Gasteiger partial charge < -0.3 is 9.47 Å². The molecule has 0 bridgehead atoms. The van der Waals surface area contributed by atoms with Crippen LogP contribution in [0.15, 0.2) is 60.7 Å². The Morgan fingerprint density at radius 3 is 2.41 bits per heavy atom. The van der Waals surface area contributed by atoms with Gasteiger partial charge in [0.05, 0.1) is 13.2 Å². The van der Waals surface area contributed by atoms with E-state index in [1.54, 1.807) is 0 Å². The number of hydrogen-bond donors (Lipinski definition) is 0. The summed E-state index contributed by atoms with van der Waals surface area (Å²) in [6.45, 7) is 3.21. The topological polar surface area (TPSA) is 21.7 Å². The van der Waals surface area contributed by atoms with E-state index in [0.29, 0.717) is 0 Å². The minimum absolute atomic E-state index is 0.542. The molecule has 2 aromatic carbocycles. The molecule has 2 aliphatic heterocycles. The average Bonchev–Trinajstić information content (AvgIpc) is 2.63. The second-order valence-corrected chi connectivity index (χ2v) is 5.64. The third kappa shape index (κ3) is 2.23. The highest BCUT2D eigenvalue weighted by molar-refractivity contribution is 5.61. The van der Waals surface area contributed by atoms with Gasteiger partial charge in [0.25, 0.3) is 0 Å². The Hall–Kier alpha value is -2.10. The second-order valence-electron chi connectivity index (χ2n) is 5.64. The molecule has 0 amide bonds. The lowest BCUT2D eigenvalue weighted by Gasteiger charge is -2.45. The molecule has 3 nitrogen and oxygen atoms in total. The Labute approximate surface area is 130 Å². The van der Waals surface area contributed by atoms with Crippen molar-refractivity contribution in [1.29, 1.82) is 0 Å². The van der Waals surface area contributed by atoms with Gasteiger partial charge in [-0.2, -0.15) is 0 Å². The summed E-state index contributed by atoms with van der Waals surface area (Å²) in [5, 5.41) is 0. The third-order valence-corrected chi connectivity index (χ3v) is 4.34. The van der Waals surface area contributed by atoms with Gasteiger partial charge in [-0.15, -0.1) is 0 Å². The Kier molecular flexibility index (Phi) is 3.45. The van der Waals surface area contributed by atoms with Crippen molar-refractivity contribution in [3.63, 3.8) is 0 Å². The largest absolute Gasteiger partial charge is 0.464 e. The maximum absolute atomic E-state index is 6.53. The quantitative estimate of drug-likeness (QED) is 0.848. The molecule has 0 aromatic heterocycles. The van der Waals surface area contributed by atoms with E-state index in [9.17, 15) is 0 Å². The number of hydrogen-bond acceptors (Lipinski definition) is 3. The van der Waals surface area contributed by atoms with E-state index < -0.39 is 5.72 Å². The minimum atomic E-state index is -0.542. The van der Waals surface area contributed by atoms with Crippen LogP contribution in [0.4, 0.5) is 0 Å². The maximum atomic E-state index is 6.53.